The quantitative estimate of drug-likeness (QED) is 0.661. The van der Waals surface area contributed by atoms with Crippen molar-refractivity contribution in [3.63, 3.8) is 0 Å². The van der Waals surface area contributed by atoms with E-state index < -0.39 is 25.1 Å². The molecule has 0 aromatic rings. The maximum Gasteiger partial charge on any atom is 0.478 e. The first-order chi connectivity index (χ1) is 10.0. The fourth-order valence-electron chi connectivity index (χ4n) is 3.28. The Morgan fingerprint density at radius 2 is 1.81 bits per heavy atom. The van der Waals surface area contributed by atoms with Crippen LogP contribution in [0.4, 0.5) is 0 Å². The highest BCUT2D eigenvalue weighted by atomic mass is 16.5. The van der Waals surface area contributed by atoms with E-state index in [1.807, 2.05) is 0 Å². The molecule has 6 nitrogen and oxygen atoms in total. The molecule has 2 atom stereocenters. The topological polar surface area (TPSA) is 95.9 Å². The highest BCUT2D eigenvalue weighted by molar-refractivity contribution is 6.45. The van der Waals surface area contributed by atoms with Gasteiger partial charge in [-0.15, -0.1) is 0 Å². The lowest BCUT2D eigenvalue weighted by atomic mass is 9.72. The first-order valence-electron chi connectivity index (χ1n) is 7.89. The van der Waals surface area contributed by atoms with Gasteiger partial charge in [0.25, 0.3) is 0 Å². The Hall–Kier alpha value is -1.08. The third-order valence-electron chi connectivity index (χ3n) is 4.42. The number of amides is 1. The fraction of sp³-hybridized carbons (Fsp3) is 0.857. The molecule has 118 valence electrons. The normalized spacial score (nSPS) is 27.4. The van der Waals surface area contributed by atoms with Crippen molar-refractivity contribution in [2.75, 3.05) is 0 Å². The van der Waals surface area contributed by atoms with Gasteiger partial charge in [-0.25, -0.2) is 0 Å². The molecule has 7 heteroatoms. The van der Waals surface area contributed by atoms with Crippen molar-refractivity contribution >= 4 is 19.0 Å². The molecule has 1 saturated heterocycles. The molecule has 1 amide bonds. The van der Waals surface area contributed by atoms with Gasteiger partial charge in [0.05, 0.1) is 18.5 Å². The van der Waals surface area contributed by atoms with E-state index in [0.717, 1.165) is 12.8 Å². The molecule has 2 aliphatic rings. The summed E-state index contributed by atoms with van der Waals surface area (Å²) in [5.41, 5.74) is 0. The van der Waals surface area contributed by atoms with Crippen molar-refractivity contribution in [3.05, 3.63) is 0 Å². The molecule has 0 aromatic carbocycles. The second kappa shape index (κ2) is 7.80. The van der Waals surface area contributed by atoms with Crippen LogP contribution in [0.3, 0.4) is 0 Å². The third kappa shape index (κ3) is 5.32. The number of carbonyl (C=O) groups is 2. The molecule has 0 unspecified atom stereocenters. The molecule has 0 radical (unpaired) electrons. The summed E-state index contributed by atoms with van der Waals surface area (Å²) in [6, 6.07) is 0. The number of carbonyl (C=O) groups excluding carboxylic acids is 1. The number of hydrogen-bond donors (Lipinski definition) is 3. The van der Waals surface area contributed by atoms with Gasteiger partial charge in [0.15, 0.2) is 0 Å². The van der Waals surface area contributed by atoms with Gasteiger partial charge in [-0.05, 0) is 31.6 Å². The minimum absolute atomic E-state index is 0.0359. The van der Waals surface area contributed by atoms with Gasteiger partial charge in [0.1, 0.15) is 0 Å². The summed E-state index contributed by atoms with van der Waals surface area (Å²) in [5.74, 6) is -0.940. The van der Waals surface area contributed by atoms with Crippen LogP contribution >= 0.6 is 0 Å². The average Bonchev–Trinajstić information content (AvgIpc) is 2.42. The summed E-state index contributed by atoms with van der Waals surface area (Å²) in [6.07, 6.45) is 6.90. The first-order valence-corrected chi connectivity index (χ1v) is 7.89. The van der Waals surface area contributed by atoms with Crippen LogP contribution in [-0.4, -0.2) is 41.2 Å². The van der Waals surface area contributed by atoms with Gasteiger partial charge in [-0.1, -0.05) is 19.3 Å². The van der Waals surface area contributed by atoms with Gasteiger partial charge < -0.3 is 20.1 Å². The summed E-state index contributed by atoms with van der Waals surface area (Å²) in [6.45, 7) is 0. The zero-order valence-electron chi connectivity index (χ0n) is 12.3. The van der Waals surface area contributed by atoms with Crippen molar-refractivity contribution in [3.8, 4) is 0 Å². The Bertz CT molecular complexity index is 372. The van der Waals surface area contributed by atoms with Crippen molar-refractivity contribution in [2.45, 2.75) is 69.8 Å². The van der Waals surface area contributed by atoms with Crippen LogP contribution in [-0.2, 0) is 14.2 Å². The van der Waals surface area contributed by atoms with Crippen molar-refractivity contribution in [1.82, 2.24) is 5.32 Å². The summed E-state index contributed by atoms with van der Waals surface area (Å²) in [4.78, 5) is 22.6. The molecule has 2 fully saturated rings. The predicted octanol–water partition coefficient (Wildman–Crippen LogP) is 1.11. The molecule has 3 N–H and O–H groups in total. The third-order valence-corrected chi connectivity index (χ3v) is 4.42. The van der Waals surface area contributed by atoms with Gasteiger partial charge in [-0.2, -0.15) is 0 Å². The molecule has 0 aromatic heterocycles. The van der Waals surface area contributed by atoms with Crippen LogP contribution in [0.25, 0.3) is 0 Å². The number of nitrogens with one attached hydrogen (secondary N) is 1. The smallest absolute Gasteiger partial charge is 0.478 e. The molecular formula is C14H24BNO5. The summed E-state index contributed by atoms with van der Waals surface area (Å²) in [7, 11) is -1.11. The van der Waals surface area contributed by atoms with E-state index in [4.69, 9.17) is 9.76 Å². The summed E-state index contributed by atoms with van der Waals surface area (Å²) in [5, 5.41) is 21.4. The maximum absolute atomic E-state index is 12.0. The Labute approximate surface area is 125 Å². The summed E-state index contributed by atoms with van der Waals surface area (Å²) < 4.78 is 5.26. The molecular weight excluding hydrogens is 273 g/mol. The summed E-state index contributed by atoms with van der Waals surface area (Å²) >= 11 is 0. The first kappa shape index (κ1) is 16.3. The van der Waals surface area contributed by atoms with Crippen LogP contribution in [0.2, 0.25) is 0 Å². The van der Waals surface area contributed by atoms with Crippen LogP contribution in [0, 0.1) is 5.92 Å². The molecule has 2 rings (SSSR count). The fourth-order valence-corrected chi connectivity index (χ4v) is 3.28. The molecule has 1 aliphatic heterocycles. The second-order valence-electron chi connectivity index (χ2n) is 6.21. The second-order valence-corrected chi connectivity index (χ2v) is 6.21. The lowest BCUT2D eigenvalue weighted by Crippen LogP contribution is -2.53. The van der Waals surface area contributed by atoms with Crippen LogP contribution < -0.4 is 5.32 Å². The minimum Gasteiger partial charge on any atom is -0.481 e. The Balaban J connectivity index is 1.72. The van der Waals surface area contributed by atoms with E-state index in [1.165, 1.54) is 19.3 Å². The van der Waals surface area contributed by atoms with Crippen LogP contribution in [0.15, 0.2) is 0 Å². The van der Waals surface area contributed by atoms with Gasteiger partial charge >= 0.3 is 13.1 Å². The van der Waals surface area contributed by atoms with E-state index in [9.17, 15) is 14.6 Å². The van der Waals surface area contributed by atoms with E-state index >= 15 is 0 Å². The monoisotopic (exact) mass is 297 g/mol. The minimum atomic E-state index is -1.11. The highest BCUT2D eigenvalue weighted by Crippen LogP contribution is 2.26. The Kier molecular flexibility index (Phi) is 6.05. The van der Waals surface area contributed by atoms with Crippen molar-refractivity contribution < 1.29 is 24.4 Å². The Morgan fingerprint density at radius 1 is 1.10 bits per heavy atom. The molecule has 1 saturated carbocycles. The predicted molar refractivity (Wildman–Crippen MR) is 77.5 cm³/mol. The van der Waals surface area contributed by atoms with Crippen molar-refractivity contribution in [2.24, 2.45) is 5.92 Å². The molecule has 1 aliphatic carbocycles. The van der Waals surface area contributed by atoms with Crippen LogP contribution in [0.1, 0.15) is 57.8 Å². The van der Waals surface area contributed by atoms with E-state index in [2.05, 4.69) is 5.32 Å². The average molecular weight is 297 g/mol. The number of rotatable bonds is 5. The number of hydrogen-bond acceptors (Lipinski definition) is 4. The molecule has 0 bridgehead atoms. The van der Waals surface area contributed by atoms with Gasteiger partial charge in [-0.3, -0.25) is 9.59 Å². The lowest BCUT2D eigenvalue weighted by molar-refractivity contribution is -0.139. The largest absolute Gasteiger partial charge is 0.481 e. The zero-order valence-corrected chi connectivity index (χ0v) is 12.3. The molecule has 21 heavy (non-hydrogen) atoms. The number of carboxylic acid groups (broad SMARTS) is 1. The standard InChI is InChI=1S/C14H24BNO5/c17-13(8-10-4-2-1-3-5-10)16-12-7-6-11(9-14(18)19)21-15(12)20/h10-12,20H,1-9H2,(H,16,17)(H,18,19)/t11-,12-/m0/s1. The van der Waals surface area contributed by atoms with Crippen LogP contribution in [0.5, 0.6) is 0 Å². The zero-order chi connectivity index (χ0) is 15.2. The molecule has 0 spiro atoms. The van der Waals surface area contributed by atoms with E-state index in [1.54, 1.807) is 0 Å². The van der Waals surface area contributed by atoms with E-state index in [0.29, 0.717) is 25.2 Å². The molecule has 1 heterocycles. The SMILES string of the molecule is O=C(O)C[C@@H]1CC[C@H](NC(=O)CC2CCCCC2)B(O)O1. The van der Waals surface area contributed by atoms with E-state index in [-0.39, 0.29) is 12.3 Å². The lowest BCUT2D eigenvalue weighted by Gasteiger charge is -2.31. The highest BCUT2D eigenvalue weighted by Gasteiger charge is 2.36. The van der Waals surface area contributed by atoms with Crippen molar-refractivity contribution in [1.29, 1.82) is 0 Å². The van der Waals surface area contributed by atoms with Gasteiger partial charge in [0, 0.05) is 6.42 Å². The number of aliphatic carboxylic acids is 1. The van der Waals surface area contributed by atoms with Gasteiger partial charge in [0.2, 0.25) is 5.91 Å². The number of carboxylic acids is 1. The Morgan fingerprint density at radius 3 is 2.43 bits per heavy atom. The maximum atomic E-state index is 12.0.